The number of hydrogen-bond donors (Lipinski definition) is 1. The van der Waals surface area contributed by atoms with E-state index in [4.69, 9.17) is 14.9 Å². The zero-order valence-corrected chi connectivity index (χ0v) is 14.3. The lowest BCUT2D eigenvalue weighted by molar-refractivity contribution is 0.0972. The number of hydrogen-bond acceptors (Lipinski definition) is 3. The molecule has 26 heavy (non-hydrogen) atoms. The first-order valence-electron chi connectivity index (χ1n) is 8.27. The number of furan rings is 1. The van der Waals surface area contributed by atoms with Gasteiger partial charge in [-0.25, -0.2) is 0 Å². The van der Waals surface area contributed by atoms with Crippen molar-refractivity contribution in [3.8, 4) is 17.0 Å². The van der Waals surface area contributed by atoms with Crippen molar-refractivity contribution in [1.82, 2.24) is 4.57 Å². The maximum absolute atomic E-state index is 11.3. The minimum absolute atomic E-state index is 0.166. The van der Waals surface area contributed by atoms with Crippen molar-refractivity contribution in [1.29, 1.82) is 0 Å². The third-order valence-electron chi connectivity index (χ3n) is 4.40. The summed E-state index contributed by atoms with van der Waals surface area (Å²) in [6, 6.07) is 21.6. The van der Waals surface area contributed by atoms with E-state index in [1.54, 1.807) is 19.2 Å². The van der Waals surface area contributed by atoms with Gasteiger partial charge in [0.15, 0.2) is 5.76 Å². The Bertz CT molecular complexity index is 1080. The maximum Gasteiger partial charge on any atom is 0.284 e. The molecule has 1 amide bonds. The predicted octanol–water partition coefficient (Wildman–Crippen LogP) is 4.06. The molecule has 0 unspecified atom stereocenters. The van der Waals surface area contributed by atoms with E-state index in [-0.39, 0.29) is 5.76 Å². The topological polar surface area (TPSA) is 70.4 Å². The number of fused-ring (bicyclic) bond motifs is 1. The monoisotopic (exact) mass is 346 g/mol. The number of aromatic nitrogens is 1. The summed E-state index contributed by atoms with van der Waals surface area (Å²) in [6.45, 7) is 0.493. The second-order valence-corrected chi connectivity index (χ2v) is 6.04. The van der Waals surface area contributed by atoms with Crippen molar-refractivity contribution in [2.45, 2.75) is 6.54 Å². The summed E-state index contributed by atoms with van der Waals surface area (Å²) >= 11 is 0. The summed E-state index contributed by atoms with van der Waals surface area (Å²) in [5, 5.41) is 1.07. The van der Waals surface area contributed by atoms with Crippen LogP contribution in [-0.4, -0.2) is 17.6 Å². The Morgan fingerprint density at radius 3 is 2.58 bits per heavy atom. The van der Waals surface area contributed by atoms with Gasteiger partial charge < -0.3 is 19.5 Å². The van der Waals surface area contributed by atoms with Crippen LogP contribution in [0.3, 0.4) is 0 Å². The number of rotatable bonds is 5. The van der Waals surface area contributed by atoms with E-state index in [1.165, 1.54) is 0 Å². The highest BCUT2D eigenvalue weighted by Gasteiger charge is 2.14. The molecule has 2 aromatic heterocycles. The Hall–Kier alpha value is -3.47. The Morgan fingerprint density at radius 1 is 1.08 bits per heavy atom. The Morgan fingerprint density at radius 2 is 1.88 bits per heavy atom. The molecule has 0 fully saturated rings. The van der Waals surface area contributed by atoms with Gasteiger partial charge in [-0.15, -0.1) is 0 Å². The largest absolute Gasteiger partial charge is 0.497 e. The van der Waals surface area contributed by atoms with Gasteiger partial charge >= 0.3 is 0 Å². The molecule has 0 saturated carbocycles. The lowest BCUT2D eigenvalue weighted by atomic mass is 10.1. The molecule has 0 atom stereocenters. The molecular weight excluding hydrogens is 328 g/mol. The molecule has 4 aromatic rings. The summed E-state index contributed by atoms with van der Waals surface area (Å²) < 4.78 is 13.1. The average Bonchev–Trinajstić information content (AvgIpc) is 3.27. The van der Waals surface area contributed by atoms with Crippen LogP contribution >= 0.6 is 0 Å². The summed E-state index contributed by atoms with van der Waals surface area (Å²) in [7, 11) is 1.66. The molecular formula is C21H18N2O3. The number of nitrogens with two attached hydrogens (primary N) is 1. The molecule has 2 aromatic carbocycles. The van der Waals surface area contributed by atoms with Gasteiger partial charge in [0.05, 0.1) is 13.7 Å². The van der Waals surface area contributed by atoms with Crippen LogP contribution < -0.4 is 10.5 Å². The van der Waals surface area contributed by atoms with Crippen molar-refractivity contribution < 1.29 is 13.9 Å². The van der Waals surface area contributed by atoms with Crippen molar-refractivity contribution >= 4 is 16.8 Å². The van der Waals surface area contributed by atoms with Gasteiger partial charge in [-0.05, 0) is 42.0 Å². The number of primary amides is 1. The Kier molecular flexibility index (Phi) is 3.97. The number of carbonyl (C=O) groups is 1. The number of amides is 1. The van der Waals surface area contributed by atoms with Crippen LogP contribution in [-0.2, 0) is 6.54 Å². The van der Waals surface area contributed by atoms with E-state index < -0.39 is 5.91 Å². The fourth-order valence-corrected chi connectivity index (χ4v) is 3.15. The van der Waals surface area contributed by atoms with Gasteiger partial charge in [-0.2, -0.15) is 0 Å². The SMILES string of the molecule is COc1ccc2c(c1)cc(-c1ccccc1)n2Cc1ccc(C(N)=O)o1. The van der Waals surface area contributed by atoms with E-state index in [1.807, 2.05) is 36.4 Å². The number of benzene rings is 2. The lowest BCUT2D eigenvalue weighted by Crippen LogP contribution is -2.09. The summed E-state index contributed by atoms with van der Waals surface area (Å²) in [5.41, 5.74) is 8.51. The molecule has 0 aliphatic rings. The molecule has 0 aliphatic heterocycles. The van der Waals surface area contributed by atoms with E-state index in [0.29, 0.717) is 12.3 Å². The fraction of sp³-hybridized carbons (Fsp3) is 0.0952. The first-order valence-corrected chi connectivity index (χ1v) is 8.27. The van der Waals surface area contributed by atoms with Gasteiger partial charge in [-0.1, -0.05) is 30.3 Å². The number of ether oxygens (including phenoxy) is 1. The molecule has 0 saturated heterocycles. The summed E-state index contributed by atoms with van der Waals surface area (Å²) in [4.78, 5) is 11.3. The summed E-state index contributed by atoms with van der Waals surface area (Å²) in [6.07, 6.45) is 0. The molecule has 2 N–H and O–H groups in total. The van der Waals surface area contributed by atoms with Crippen molar-refractivity contribution in [2.24, 2.45) is 5.73 Å². The Balaban J connectivity index is 1.85. The standard InChI is InChI=1S/C21H18N2O3/c1-25-16-7-9-18-15(11-16)12-19(14-5-3-2-4-6-14)23(18)13-17-8-10-20(26-17)21(22)24/h2-12H,13H2,1H3,(H2,22,24). The fourth-order valence-electron chi connectivity index (χ4n) is 3.15. The quantitative estimate of drug-likeness (QED) is 0.592. The van der Waals surface area contributed by atoms with Crippen molar-refractivity contribution in [3.05, 3.63) is 78.3 Å². The third-order valence-corrected chi connectivity index (χ3v) is 4.40. The van der Waals surface area contributed by atoms with Crippen molar-refractivity contribution in [2.75, 3.05) is 7.11 Å². The average molecular weight is 346 g/mol. The van der Waals surface area contributed by atoms with Gasteiger partial charge in [0.1, 0.15) is 11.5 Å². The van der Waals surface area contributed by atoms with Gasteiger partial charge in [-0.3, -0.25) is 4.79 Å². The molecule has 5 nitrogen and oxygen atoms in total. The van der Waals surface area contributed by atoms with Crippen LogP contribution in [0.25, 0.3) is 22.2 Å². The van der Waals surface area contributed by atoms with E-state index in [9.17, 15) is 4.79 Å². The number of carbonyl (C=O) groups excluding carboxylic acids is 1. The lowest BCUT2D eigenvalue weighted by Gasteiger charge is -2.10. The van der Waals surface area contributed by atoms with Crippen LogP contribution in [0.5, 0.6) is 5.75 Å². The molecule has 0 spiro atoms. The van der Waals surface area contributed by atoms with Crippen LogP contribution in [0.2, 0.25) is 0 Å². The second kappa shape index (κ2) is 6.44. The molecule has 5 heteroatoms. The molecule has 2 heterocycles. The highest BCUT2D eigenvalue weighted by molar-refractivity contribution is 5.90. The minimum Gasteiger partial charge on any atom is -0.497 e. The van der Waals surface area contributed by atoms with Gasteiger partial charge in [0.25, 0.3) is 5.91 Å². The van der Waals surface area contributed by atoms with Crippen LogP contribution in [0.4, 0.5) is 0 Å². The van der Waals surface area contributed by atoms with Gasteiger partial charge in [0, 0.05) is 16.6 Å². The Labute approximate surface area is 150 Å². The zero-order chi connectivity index (χ0) is 18.1. The highest BCUT2D eigenvalue weighted by Crippen LogP contribution is 2.31. The van der Waals surface area contributed by atoms with Crippen molar-refractivity contribution in [3.63, 3.8) is 0 Å². The minimum atomic E-state index is -0.568. The van der Waals surface area contributed by atoms with E-state index in [2.05, 4.69) is 22.8 Å². The van der Waals surface area contributed by atoms with Gasteiger partial charge in [0.2, 0.25) is 0 Å². The second-order valence-electron chi connectivity index (χ2n) is 6.04. The molecule has 0 radical (unpaired) electrons. The van der Waals surface area contributed by atoms with E-state index in [0.717, 1.165) is 27.9 Å². The third kappa shape index (κ3) is 2.84. The number of methoxy groups -OCH3 is 1. The van der Waals surface area contributed by atoms with Crippen LogP contribution in [0, 0.1) is 0 Å². The maximum atomic E-state index is 11.3. The zero-order valence-electron chi connectivity index (χ0n) is 14.3. The molecule has 0 aliphatic carbocycles. The highest BCUT2D eigenvalue weighted by atomic mass is 16.5. The normalized spacial score (nSPS) is 11.0. The predicted molar refractivity (Wildman–Crippen MR) is 100 cm³/mol. The van der Waals surface area contributed by atoms with Crippen LogP contribution in [0.15, 0.2) is 71.1 Å². The first kappa shape index (κ1) is 16.0. The van der Waals surface area contributed by atoms with Crippen LogP contribution in [0.1, 0.15) is 16.3 Å². The number of nitrogens with zero attached hydrogens (tertiary/aromatic N) is 1. The molecule has 130 valence electrons. The first-order chi connectivity index (χ1) is 12.7. The molecule has 4 rings (SSSR count). The smallest absolute Gasteiger partial charge is 0.284 e. The van der Waals surface area contributed by atoms with E-state index >= 15 is 0 Å². The summed E-state index contributed by atoms with van der Waals surface area (Å²) in [5.74, 6) is 1.08. The molecule has 0 bridgehead atoms.